The second-order valence-corrected chi connectivity index (χ2v) is 6.23. The summed E-state index contributed by atoms with van der Waals surface area (Å²) in [5.74, 6) is 0. The Kier molecular flexibility index (Phi) is 3.97. The average Bonchev–Trinajstić information content (AvgIpc) is 2.23. The van der Waals surface area contributed by atoms with E-state index in [0.717, 1.165) is 5.56 Å². The van der Waals surface area contributed by atoms with Crippen molar-refractivity contribution in [2.45, 2.75) is 43.8 Å². The third-order valence-electron chi connectivity index (χ3n) is 2.92. The summed E-state index contributed by atoms with van der Waals surface area (Å²) >= 11 is 0. The van der Waals surface area contributed by atoms with E-state index in [1.165, 1.54) is 0 Å². The summed E-state index contributed by atoms with van der Waals surface area (Å²) in [6.45, 7) is 5.62. The van der Waals surface area contributed by atoms with Crippen molar-refractivity contribution in [3.63, 3.8) is 0 Å². The van der Waals surface area contributed by atoms with E-state index in [4.69, 9.17) is 5.73 Å². The van der Waals surface area contributed by atoms with Crippen LogP contribution in [0.15, 0.2) is 23.1 Å². The molecule has 0 radical (unpaired) electrons. The maximum atomic E-state index is 12.2. The molecule has 0 saturated carbocycles. The summed E-state index contributed by atoms with van der Waals surface area (Å²) in [4.78, 5) is 0.382. The number of nitrogen functional groups attached to an aromatic ring is 1. The Morgan fingerprint density at radius 2 is 1.81 bits per heavy atom. The third kappa shape index (κ3) is 2.38. The van der Waals surface area contributed by atoms with Crippen molar-refractivity contribution < 1.29 is 8.42 Å². The lowest BCUT2D eigenvalue weighted by molar-refractivity contribution is 0.571. The molecule has 0 atom stereocenters. The molecule has 0 aromatic heterocycles. The highest BCUT2D eigenvalue weighted by molar-refractivity contribution is 7.92. The third-order valence-corrected chi connectivity index (χ3v) is 5.37. The zero-order valence-electron chi connectivity index (χ0n) is 10.0. The molecule has 0 aliphatic carbocycles. The normalized spacial score (nSPS) is 12.0. The smallest absolute Gasteiger partial charge is 0.181 e. The molecule has 16 heavy (non-hydrogen) atoms. The Balaban J connectivity index is 3.22. The number of nitrogens with two attached hydrogens (primary N) is 1. The van der Waals surface area contributed by atoms with Gasteiger partial charge in [0.05, 0.1) is 10.1 Å². The molecule has 0 saturated heterocycles. The van der Waals surface area contributed by atoms with Crippen molar-refractivity contribution in [3.8, 4) is 0 Å². The average molecular weight is 241 g/mol. The van der Waals surface area contributed by atoms with Crippen molar-refractivity contribution in [1.29, 1.82) is 0 Å². The summed E-state index contributed by atoms with van der Waals surface area (Å²) in [5, 5.41) is -0.296. The van der Waals surface area contributed by atoms with Crippen molar-refractivity contribution >= 4 is 15.5 Å². The molecule has 4 heteroatoms. The summed E-state index contributed by atoms with van der Waals surface area (Å²) < 4.78 is 24.4. The van der Waals surface area contributed by atoms with Gasteiger partial charge in [0.15, 0.2) is 9.84 Å². The number of hydrogen-bond donors (Lipinski definition) is 1. The van der Waals surface area contributed by atoms with Crippen LogP contribution in [0.5, 0.6) is 0 Å². The van der Waals surface area contributed by atoms with Gasteiger partial charge in [-0.2, -0.15) is 0 Å². The number of aryl methyl sites for hydroxylation is 1. The van der Waals surface area contributed by atoms with Crippen molar-refractivity contribution in [3.05, 3.63) is 23.8 Å². The van der Waals surface area contributed by atoms with E-state index in [1.807, 2.05) is 20.8 Å². The summed E-state index contributed by atoms with van der Waals surface area (Å²) in [5.41, 5.74) is 7.12. The van der Waals surface area contributed by atoms with E-state index in [-0.39, 0.29) is 5.25 Å². The first kappa shape index (κ1) is 13.0. The van der Waals surface area contributed by atoms with Gasteiger partial charge < -0.3 is 5.73 Å². The maximum Gasteiger partial charge on any atom is 0.181 e. The predicted octanol–water partition coefficient (Wildman–Crippen LogP) is 2.54. The molecule has 3 nitrogen and oxygen atoms in total. The van der Waals surface area contributed by atoms with Crippen LogP contribution in [0, 0.1) is 6.92 Å². The van der Waals surface area contributed by atoms with Crippen LogP contribution in [0.25, 0.3) is 0 Å². The van der Waals surface area contributed by atoms with Gasteiger partial charge in [-0.15, -0.1) is 0 Å². The molecule has 1 aromatic rings. The number of benzene rings is 1. The highest BCUT2D eigenvalue weighted by Gasteiger charge is 2.24. The van der Waals surface area contributed by atoms with Crippen LogP contribution < -0.4 is 5.73 Å². The minimum atomic E-state index is -3.20. The van der Waals surface area contributed by atoms with E-state index in [1.54, 1.807) is 18.2 Å². The highest BCUT2D eigenvalue weighted by Crippen LogP contribution is 2.23. The molecule has 0 amide bonds. The first-order valence-electron chi connectivity index (χ1n) is 5.53. The number of rotatable bonds is 4. The molecule has 0 aliphatic heterocycles. The van der Waals surface area contributed by atoms with Gasteiger partial charge in [-0.25, -0.2) is 8.42 Å². The van der Waals surface area contributed by atoms with Gasteiger partial charge in [-0.1, -0.05) is 13.8 Å². The van der Waals surface area contributed by atoms with Gasteiger partial charge in [0.2, 0.25) is 0 Å². The van der Waals surface area contributed by atoms with Gasteiger partial charge in [0.25, 0.3) is 0 Å². The fraction of sp³-hybridized carbons (Fsp3) is 0.500. The van der Waals surface area contributed by atoms with Crippen LogP contribution in [0.2, 0.25) is 0 Å². The summed E-state index contributed by atoms with van der Waals surface area (Å²) in [6, 6.07) is 4.91. The van der Waals surface area contributed by atoms with Crippen molar-refractivity contribution in [2.75, 3.05) is 5.73 Å². The van der Waals surface area contributed by atoms with E-state index in [0.29, 0.717) is 23.4 Å². The molecule has 0 spiro atoms. The Labute approximate surface area is 97.6 Å². The monoisotopic (exact) mass is 241 g/mol. The topological polar surface area (TPSA) is 60.2 Å². The minimum absolute atomic E-state index is 0.296. The Morgan fingerprint density at radius 1 is 1.25 bits per heavy atom. The lowest BCUT2D eigenvalue weighted by atomic mass is 10.2. The fourth-order valence-corrected chi connectivity index (χ4v) is 3.61. The molecule has 1 aromatic carbocycles. The number of anilines is 1. The number of sulfone groups is 1. The van der Waals surface area contributed by atoms with Crippen molar-refractivity contribution in [1.82, 2.24) is 0 Å². The largest absolute Gasteiger partial charge is 0.399 e. The molecular weight excluding hydrogens is 222 g/mol. The predicted molar refractivity (Wildman–Crippen MR) is 67.1 cm³/mol. The quantitative estimate of drug-likeness (QED) is 0.824. The molecule has 0 bridgehead atoms. The molecular formula is C12H19NO2S. The van der Waals surface area contributed by atoms with E-state index >= 15 is 0 Å². The van der Waals surface area contributed by atoms with Crippen LogP contribution in [-0.4, -0.2) is 13.7 Å². The van der Waals surface area contributed by atoms with E-state index in [2.05, 4.69) is 0 Å². The first-order chi connectivity index (χ1) is 7.43. The second kappa shape index (κ2) is 4.87. The SMILES string of the molecule is CCC(CC)S(=O)(=O)c1ccc(N)c(C)c1. The molecule has 0 fully saturated rings. The lowest BCUT2D eigenvalue weighted by Crippen LogP contribution is -2.19. The first-order valence-corrected chi connectivity index (χ1v) is 7.08. The van der Waals surface area contributed by atoms with Gasteiger partial charge in [-0.05, 0) is 43.5 Å². The van der Waals surface area contributed by atoms with Crippen LogP contribution in [0.3, 0.4) is 0 Å². The molecule has 0 unspecified atom stereocenters. The number of hydrogen-bond acceptors (Lipinski definition) is 3. The maximum absolute atomic E-state index is 12.2. The van der Waals surface area contributed by atoms with Gasteiger partial charge >= 0.3 is 0 Å². The van der Waals surface area contributed by atoms with Crippen LogP contribution in [0.1, 0.15) is 32.3 Å². The lowest BCUT2D eigenvalue weighted by Gasteiger charge is -2.14. The van der Waals surface area contributed by atoms with Gasteiger partial charge in [-0.3, -0.25) is 0 Å². The molecule has 0 heterocycles. The zero-order valence-corrected chi connectivity index (χ0v) is 10.8. The van der Waals surface area contributed by atoms with Gasteiger partial charge in [0.1, 0.15) is 0 Å². The molecule has 0 aliphatic rings. The second-order valence-electron chi connectivity index (χ2n) is 4.00. The van der Waals surface area contributed by atoms with Crippen molar-refractivity contribution in [2.24, 2.45) is 0 Å². The van der Waals surface area contributed by atoms with E-state index in [9.17, 15) is 8.42 Å². The highest BCUT2D eigenvalue weighted by atomic mass is 32.2. The van der Waals surface area contributed by atoms with Crippen LogP contribution in [-0.2, 0) is 9.84 Å². The molecule has 90 valence electrons. The standard InChI is InChI=1S/C12H19NO2S/c1-4-10(5-2)16(14,15)11-6-7-12(13)9(3)8-11/h6-8,10H,4-5,13H2,1-3H3. The Bertz CT molecular complexity index is 462. The van der Waals surface area contributed by atoms with E-state index < -0.39 is 9.84 Å². The molecule has 1 rings (SSSR count). The van der Waals surface area contributed by atoms with Crippen LogP contribution >= 0.6 is 0 Å². The molecule has 2 N–H and O–H groups in total. The zero-order chi connectivity index (χ0) is 12.3. The Morgan fingerprint density at radius 3 is 2.25 bits per heavy atom. The van der Waals surface area contributed by atoms with Gasteiger partial charge in [0, 0.05) is 5.69 Å². The Hall–Kier alpha value is -1.03. The van der Waals surface area contributed by atoms with Crippen LogP contribution in [0.4, 0.5) is 5.69 Å². The summed E-state index contributed by atoms with van der Waals surface area (Å²) in [7, 11) is -3.20. The summed E-state index contributed by atoms with van der Waals surface area (Å²) in [6.07, 6.45) is 1.28. The minimum Gasteiger partial charge on any atom is -0.399 e. The fourth-order valence-electron chi connectivity index (χ4n) is 1.75.